The molecule has 6 heteroatoms. The first-order valence-electron chi connectivity index (χ1n) is 19.3. The molecule has 0 aliphatic carbocycles. The third-order valence-corrected chi connectivity index (χ3v) is 10.9. The molecule has 0 amide bonds. The highest BCUT2D eigenvalue weighted by Gasteiger charge is 2.26. The number of hydrogen-bond donors (Lipinski definition) is 0. The zero-order valence-electron chi connectivity index (χ0n) is 32.0. The highest BCUT2D eigenvalue weighted by atomic mass is 32.2. The molecular formula is C48H34N4OS. The van der Waals surface area contributed by atoms with E-state index in [4.69, 9.17) is 14.0 Å². The number of pyridine rings is 1. The Labute approximate surface area is 322 Å². The van der Waals surface area contributed by atoms with Crippen molar-refractivity contribution in [3.05, 3.63) is 188 Å². The third-order valence-electron chi connectivity index (χ3n) is 9.91. The van der Waals surface area contributed by atoms with Crippen molar-refractivity contribution in [2.75, 3.05) is 17.1 Å². The molecule has 0 fully saturated rings. The van der Waals surface area contributed by atoms with E-state index in [2.05, 4.69) is 144 Å². The lowest BCUT2D eigenvalue weighted by Gasteiger charge is -2.18. The van der Waals surface area contributed by atoms with Crippen LogP contribution < -0.4 is 10.1 Å². The Balaban J connectivity index is 1.07. The van der Waals surface area contributed by atoms with Crippen LogP contribution in [-0.2, 0) is 4.94 Å². The van der Waals surface area contributed by atoms with Gasteiger partial charge in [-0.15, -0.1) is 4.94 Å². The van der Waals surface area contributed by atoms with Crippen molar-refractivity contribution in [3.63, 3.8) is 0 Å². The zero-order valence-corrected chi connectivity index (χ0v) is 29.8. The molecule has 1 aliphatic heterocycles. The second-order valence-corrected chi connectivity index (χ2v) is 14.3. The quantitative estimate of drug-likeness (QED) is 0.164. The lowest BCUT2D eigenvalue weighted by atomic mass is 9.88. The molecule has 10 rings (SSSR count). The smallest absolute Gasteiger partial charge is 0.138 e. The normalized spacial score (nSPS) is 13.5. The van der Waals surface area contributed by atoms with Gasteiger partial charge in [-0.05, 0) is 94.0 Å². The largest absolute Gasteiger partial charge is 0.294 e. The molecule has 0 bridgehead atoms. The molecule has 0 atom stereocenters. The lowest BCUT2D eigenvalue weighted by molar-refractivity contribution is 0.142. The Bertz CT molecular complexity index is 2870. The van der Waals surface area contributed by atoms with Crippen LogP contribution in [0.3, 0.4) is 0 Å². The standard InChI is InChI=1S/C48H34N4OS/c1-50-44-24-10-11-25-45(44)52(53-50)36-18-12-19-37(31-36)54-38-26-27-42-41-20-8-9-23-43(41)51(46(42)32-38)47-30-35(28-29-49-47)48-39(33-14-4-2-5-15-33)21-13-22-40(48)34-16-6-3-7-17-34/h2-32H,1H3/i1D3. The summed E-state index contributed by atoms with van der Waals surface area (Å²) >= 11 is 1.64. The van der Waals surface area contributed by atoms with Crippen molar-refractivity contribution in [1.29, 1.82) is 0 Å². The number of benzene rings is 7. The first kappa shape index (κ1) is 28.9. The van der Waals surface area contributed by atoms with Crippen LogP contribution in [0.15, 0.2) is 198 Å². The summed E-state index contributed by atoms with van der Waals surface area (Å²) in [5, 5.41) is 4.85. The van der Waals surface area contributed by atoms with Crippen molar-refractivity contribution in [1.82, 2.24) is 9.55 Å². The molecule has 2 aromatic heterocycles. The molecule has 5 nitrogen and oxygen atoms in total. The molecule has 7 aromatic carbocycles. The number of hydroxylamine groups is 1. The van der Waals surface area contributed by atoms with E-state index in [0.717, 1.165) is 81.5 Å². The molecular weight excluding hydrogens is 681 g/mol. The summed E-state index contributed by atoms with van der Waals surface area (Å²) in [5.74, 6) is 0.827. The topological polar surface area (TPSA) is 33.5 Å². The van der Waals surface area contributed by atoms with E-state index >= 15 is 0 Å². The summed E-state index contributed by atoms with van der Waals surface area (Å²) in [7, 11) is 0. The summed E-state index contributed by atoms with van der Waals surface area (Å²) < 4.78 is 26.4. The molecule has 0 spiro atoms. The van der Waals surface area contributed by atoms with E-state index in [9.17, 15) is 0 Å². The molecule has 3 heterocycles. The number of anilines is 3. The van der Waals surface area contributed by atoms with Crippen LogP contribution in [0.2, 0.25) is 0 Å². The summed E-state index contributed by atoms with van der Waals surface area (Å²) in [4.78, 5) is 13.0. The molecule has 1 aliphatic rings. The first-order valence-corrected chi connectivity index (χ1v) is 18.6. The van der Waals surface area contributed by atoms with Crippen LogP contribution in [0.4, 0.5) is 17.1 Å². The van der Waals surface area contributed by atoms with E-state index in [1.54, 1.807) is 22.9 Å². The second-order valence-electron chi connectivity index (χ2n) is 13.2. The minimum atomic E-state index is -2.46. The van der Waals surface area contributed by atoms with E-state index in [0.29, 0.717) is 11.4 Å². The van der Waals surface area contributed by atoms with Crippen LogP contribution in [0.5, 0.6) is 0 Å². The highest BCUT2D eigenvalue weighted by Crippen LogP contribution is 2.44. The average molecular weight is 718 g/mol. The molecule has 0 saturated heterocycles. The molecule has 9 aromatic rings. The Morgan fingerprint density at radius 2 is 1.20 bits per heavy atom. The number of hydrogen-bond acceptors (Lipinski definition) is 5. The zero-order chi connectivity index (χ0) is 38.5. The van der Waals surface area contributed by atoms with Crippen molar-refractivity contribution >= 4 is 50.6 Å². The number of fused-ring (bicyclic) bond motifs is 4. The van der Waals surface area contributed by atoms with E-state index in [-0.39, 0.29) is 0 Å². The van der Waals surface area contributed by atoms with Gasteiger partial charge < -0.3 is 0 Å². The third kappa shape index (κ3) is 5.60. The second kappa shape index (κ2) is 13.4. The average Bonchev–Trinajstić information content (AvgIpc) is 3.81. The molecule has 0 unspecified atom stereocenters. The van der Waals surface area contributed by atoms with Gasteiger partial charge in [0, 0.05) is 37.8 Å². The fourth-order valence-corrected chi connectivity index (χ4v) is 8.41. The summed E-state index contributed by atoms with van der Waals surface area (Å²) in [6, 6.07) is 62.3. The van der Waals surface area contributed by atoms with E-state index < -0.39 is 6.98 Å². The Morgan fingerprint density at radius 3 is 1.98 bits per heavy atom. The van der Waals surface area contributed by atoms with Crippen molar-refractivity contribution in [2.45, 2.75) is 9.79 Å². The Hall–Kier alpha value is -6.60. The fourth-order valence-electron chi connectivity index (χ4n) is 7.51. The molecule has 0 N–H and O–H groups in total. The molecule has 0 radical (unpaired) electrons. The van der Waals surface area contributed by atoms with Gasteiger partial charge in [-0.3, -0.25) is 4.57 Å². The van der Waals surface area contributed by atoms with Gasteiger partial charge in [-0.1, -0.05) is 133 Å². The summed E-state index contributed by atoms with van der Waals surface area (Å²) in [5.41, 5.74) is 10.9. The minimum Gasteiger partial charge on any atom is -0.294 e. The van der Waals surface area contributed by atoms with Gasteiger partial charge in [0.25, 0.3) is 0 Å². The van der Waals surface area contributed by atoms with Crippen LogP contribution >= 0.6 is 11.8 Å². The van der Waals surface area contributed by atoms with Crippen LogP contribution in [0.1, 0.15) is 4.11 Å². The van der Waals surface area contributed by atoms with E-state index in [1.165, 1.54) is 0 Å². The first-order chi connectivity index (χ1) is 27.9. The number of rotatable bonds is 7. The van der Waals surface area contributed by atoms with Gasteiger partial charge in [-0.2, -0.15) is 5.06 Å². The summed E-state index contributed by atoms with van der Waals surface area (Å²) in [6.07, 6.45) is 1.91. The maximum Gasteiger partial charge on any atom is 0.138 e. The van der Waals surface area contributed by atoms with Crippen LogP contribution in [0.25, 0.3) is 61.0 Å². The SMILES string of the molecule is [2H]C([2H])([2H])N1ON(c2cccc(Sc3ccc4c5ccccc5n(-c5cc(-c6c(-c7ccccc7)cccc6-c6ccccc6)ccn5)c4c3)c2)c2ccccc21. The van der Waals surface area contributed by atoms with Crippen LogP contribution in [0, 0.1) is 0 Å². The molecule has 258 valence electrons. The van der Waals surface area contributed by atoms with Gasteiger partial charge in [0.2, 0.25) is 0 Å². The number of nitrogens with zero attached hydrogens (tertiary/aromatic N) is 4. The Kier molecular flexibility index (Phi) is 7.19. The monoisotopic (exact) mass is 717 g/mol. The van der Waals surface area contributed by atoms with Crippen molar-refractivity contribution in [3.8, 4) is 39.2 Å². The van der Waals surface area contributed by atoms with Gasteiger partial charge >= 0.3 is 0 Å². The molecule has 54 heavy (non-hydrogen) atoms. The number of aromatic nitrogens is 2. The lowest BCUT2D eigenvalue weighted by Crippen LogP contribution is -2.20. The van der Waals surface area contributed by atoms with Gasteiger partial charge in [0.05, 0.1) is 28.1 Å². The predicted molar refractivity (Wildman–Crippen MR) is 224 cm³/mol. The van der Waals surface area contributed by atoms with Crippen molar-refractivity contribution in [2.24, 2.45) is 0 Å². The number of para-hydroxylation sites is 3. The van der Waals surface area contributed by atoms with Gasteiger partial charge in [-0.25, -0.2) is 10.0 Å². The summed E-state index contributed by atoms with van der Waals surface area (Å²) in [6.45, 7) is -2.46. The maximum atomic E-state index is 8.03. The molecule has 0 saturated carbocycles. The van der Waals surface area contributed by atoms with Gasteiger partial charge in [0.1, 0.15) is 5.82 Å². The van der Waals surface area contributed by atoms with Crippen molar-refractivity contribution < 1.29 is 9.05 Å². The highest BCUT2D eigenvalue weighted by molar-refractivity contribution is 7.99. The fraction of sp³-hybridized carbons (Fsp3) is 0.0208. The Morgan fingerprint density at radius 1 is 0.537 bits per heavy atom. The predicted octanol–water partition coefficient (Wildman–Crippen LogP) is 12.8. The minimum absolute atomic E-state index is 0.492. The van der Waals surface area contributed by atoms with Gasteiger partial charge in [0.15, 0.2) is 0 Å². The van der Waals surface area contributed by atoms with E-state index in [1.807, 2.05) is 42.6 Å². The maximum absolute atomic E-state index is 8.03. The van der Waals surface area contributed by atoms with Crippen LogP contribution in [-0.4, -0.2) is 16.5 Å².